The van der Waals surface area contributed by atoms with Crippen LogP contribution in [0.4, 0.5) is 0 Å². The molecule has 1 rings (SSSR count). The number of hydrogen-bond donors (Lipinski definition) is 1. The number of carbonyl (C=O) groups excluding carboxylic acids is 1. The van der Waals surface area contributed by atoms with Crippen LogP contribution in [-0.2, 0) is 0 Å². The summed E-state index contributed by atoms with van der Waals surface area (Å²) in [5.41, 5.74) is 1.32. The number of carbonyl (C=O) groups is 1. The first-order valence-corrected chi connectivity index (χ1v) is 5.05. The highest BCUT2D eigenvalue weighted by molar-refractivity contribution is 9.09. The molecular weight excluding hydrogens is 246 g/mol. The van der Waals surface area contributed by atoms with Crippen LogP contribution in [0.2, 0.25) is 0 Å². The molecule has 0 spiro atoms. The van der Waals surface area contributed by atoms with Gasteiger partial charge in [0.1, 0.15) is 5.75 Å². The third-order valence-electron chi connectivity index (χ3n) is 1.88. The minimum Gasteiger partial charge on any atom is -0.507 e. The van der Waals surface area contributed by atoms with Gasteiger partial charge in [-0.25, -0.2) is 0 Å². The Labute approximate surface area is 90.1 Å². The van der Waals surface area contributed by atoms with Gasteiger partial charge >= 0.3 is 0 Å². The summed E-state index contributed by atoms with van der Waals surface area (Å²) < 4.78 is 0. The quantitative estimate of drug-likeness (QED) is 0.649. The summed E-state index contributed by atoms with van der Waals surface area (Å²) in [6.07, 6.45) is 0. The first-order valence-electron chi connectivity index (χ1n) is 3.93. The minimum absolute atomic E-state index is 0.142. The number of Topliss-reactive ketones (excluding diaryl/α,β-unsaturated/α-hetero) is 1. The number of nitrogens with zero attached hydrogens (tertiary/aromatic N) is 1. The zero-order chi connectivity index (χ0) is 10.7. The van der Waals surface area contributed by atoms with E-state index in [1.807, 2.05) is 6.07 Å². The Morgan fingerprint density at radius 3 is 2.79 bits per heavy atom. The molecule has 0 atom stereocenters. The van der Waals surface area contributed by atoms with Crippen LogP contribution in [0.5, 0.6) is 5.75 Å². The lowest BCUT2D eigenvalue weighted by atomic mass is 10.0. The highest BCUT2D eigenvalue weighted by Gasteiger charge is 2.12. The summed E-state index contributed by atoms with van der Waals surface area (Å²) in [5, 5.41) is 18.3. The molecule has 1 N–H and O–H groups in total. The Kier molecular flexibility index (Phi) is 3.26. The lowest BCUT2D eigenvalue weighted by Crippen LogP contribution is -2.01. The summed E-state index contributed by atoms with van der Waals surface area (Å²) in [6.45, 7) is 1.73. The van der Waals surface area contributed by atoms with Crippen molar-refractivity contribution in [2.24, 2.45) is 0 Å². The van der Waals surface area contributed by atoms with Crippen molar-refractivity contribution in [2.75, 3.05) is 5.33 Å². The normalized spacial score (nSPS) is 9.50. The van der Waals surface area contributed by atoms with Crippen LogP contribution in [0.1, 0.15) is 21.5 Å². The van der Waals surface area contributed by atoms with E-state index in [1.54, 1.807) is 6.92 Å². The molecule has 72 valence electrons. The van der Waals surface area contributed by atoms with Crippen molar-refractivity contribution in [1.82, 2.24) is 0 Å². The van der Waals surface area contributed by atoms with E-state index < -0.39 is 0 Å². The standard InChI is InChI=1S/C10H8BrNO2/c1-6-2-8(10(14)4-11)9(13)3-7(6)5-12/h2-3,13H,4H2,1H3. The van der Waals surface area contributed by atoms with Crippen molar-refractivity contribution < 1.29 is 9.90 Å². The molecule has 1 aromatic rings. The van der Waals surface area contributed by atoms with Crippen LogP contribution < -0.4 is 0 Å². The zero-order valence-electron chi connectivity index (χ0n) is 7.54. The Morgan fingerprint density at radius 2 is 2.29 bits per heavy atom. The lowest BCUT2D eigenvalue weighted by Gasteiger charge is -2.04. The molecule has 0 amide bonds. The maximum Gasteiger partial charge on any atom is 0.177 e. The molecule has 0 radical (unpaired) electrons. The second-order valence-electron chi connectivity index (χ2n) is 2.85. The highest BCUT2D eigenvalue weighted by atomic mass is 79.9. The zero-order valence-corrected chi connectivity index (χ0v) is 9.13. The first kappa shape index (κ1) is 10.7. The summed E-state index contributed by atoms with van der Waals surface area (Å²) in [6, 6.07) is 4.77. The molecule has 0 aliphatic rings. The van der Waals surface area contributed by atoms with E-state index in [0.717, 1.165) is 0 Å². The molecule has 0 aliphatic heterocycles. The number of aryl methyl sites for hydroxylation is 1. The topological polar surface area (TPSA) is 61.1 Å². The van der Waals surface area contributed by atoms with Crippen molar-refractivity contribution in [2.45, 2.75) is 6.92 Å². The van der Waals surface area contributed by atoms with E-state index in [4.69, 9.17) is 5.26 Å². The molecule has 0 fully saturated rings. The maximum absolute atomic E-state index is 11.3. The van der Waals surface area contributed by atoms with Gasteiger partial charge in [0.2, 0.25) is 0 Å². The molecule has 0 heterocycles. The van der Waals surface area contributed by atoms with Gasteiger partial charge in [-0.2, -0.15) is 5.26 Å². The van der Waals surface area contributed by atoms with Gasteiger partial charge in [-0.1, -0.05) is 15.9 Å². The fraction of sp³-hybridized carbons (Fsp3) is 0.200. The van der Waals surface area contributed by atoms with E-state index in [9.17, 15) is 9.90 Å². The van der Waals surface area contributed by atoms with Crippen molar-refractivity contribution in [1.29, 1.82) is 5.26 Å². The number of benzene rings is 1. The Bertz CT molecular complexity index is 421. The van der Waals surface area contributed by atoms with Crippen molar-refractivity contribution in [3.63, 3.8) is 0 Å². The number of phenols is 1. The van der Waals surface area contributed by atoms with Crippen LogP contribution in [0, 0.1) is 18.3 Å². The molecule has 0 bridgehead atoms. The van der Waals surface area contributed by atoms with Gasteiger partial charge in [-0.3, -0.25) is 4.79 Å². The van der Waals surface area contributed by atoms with E-state index in [1.165, 1.54) is 12.1 Å². The number of phenolic OH excluding ortho intramolecular Hbond substituents is 1. The van der Waals surface area contributed by atoms with Crippen LogP contribution in [0.3, 0.4) is 0 Å². The number of halogens is 1. The van der Waals surface area contributed by atoms with Crippen LogP contribution >= 0.6 is 15.9 Å². The highest BCUT2D eigenvalue weighted by Crippen LogP contribution is 2.22. The summed E-state index contributed by atoms with van der Waals surface area (Å²) in [7, 11) is 0. The lowest BCUT2D eigenvalue weighted by molar-refractivity contribution is 0.102. The second-order valence-corrected chi connectivity index (χ2v) is 3.41. The van der Waals surface area contributed by atoms with Crippen molar-refractivity contribution >= 4 is 21.7 Å². The third kappa shape index (κ3) is 1.94. The Morgan fingerprint density at radius 1 is 1.64 bits per heavy atom. The molecule has 0 aromatic heterocycles. The molecule has 3 nitrogen and oxygen atoms in total. The van der Waals surface area contributed by atoms with Gasteiger partial charge in [0, 0.05) is 0 Å². The predicted molar refractivity (Wildman–Crippen MR) is 55.7 cm³/mol. The number of ketones is 1. The van der Waals surface area contributed by atoms with Gasteiger partial charge in [0.15, 0.2) is 5.78 Å². The molecule has 4 heteroatoms. The van der Waals surface area contributed by atoms with Crippen molar-refractivity contribution in [3.05, 3.63) is 28.8 Å². The fourth-order valence-electron chi connectivity index (χ4n) is 1.11. The Hall–Kier alpha value is -1.34. The number of aromatic hydroxyl groups is 1. The van der Waals surface area contributed by atoms with E-state index in [0.29, 0.717) is 11.1 Å². The van der Waals surface area contributed by atoms with Crippen LogP contribution in [-0.4, -0.2) is 16.2 Å². The molecule has 0 aliphatic carbocycles. The summed E-state index contributed by atoms with van der Waals surface area (Å²) in [4.78, 5) is 11.3. The largest absolute Gasteiger partial charge is 0.507 e. The summed E-state index contributed by atoms with van der Waals surface area (Å²) >= 11 is 3.02. The molecule has 14 heavy (non-hydrogen) atoms. The monoisotopic (exact) mass is 253 g/mol. The minimum atomic E-state index is -0.199. The average Bonchev–Trinajstić information content (AvgIpc) is 2.19. The average molecular weight is 254 g/mol. The molecule has 0 saturated heterocycles. The third-order valence-corrected chi connectivity index (χ3v) is 2.39. The van der Waals surface area contributed by atoms with Crippen molar-refractivity contribution in [3.8, 4) is 11.8 Å². The van der Waals surface area contributed by atoms with E-state index in [2.05, 4.69) is 15.9 Å². The SMILES string of the molecule is Cc1cc(C(=O)CBr)c(O)cc1C#N. The second kappa shape index (κ2) is 4.25. The van der Waals surface area contributed by atoms with Gasteiger partial charge in [0.25, 0.3) is 0 Å². The molecule has 1 aromatic carbocycles. The number of alkyl halides is 1. The smallest absolute Gasteiger partial charge is 0.177 e. The number of hydrogen-bond acceptors (Lipinski definition) is 3. The van der Waals surface area contributed by atoms with Crippen LogP contribution in [0.15, 0.2) is 12.1 Å². The summed E-state index contributed by atoms with van der Waals surface area (Å²) in [5.74, 6) is -0.341. The van der Waals surface area contributed by atoms with Gasteiger partial charge in [-0.05, 0) is 24.6 Å². The van der Waals surface area contributed by atoms with Gasteiger partial charge < -0.3 is 5.11 Å². The maximum atomic E-state index is 11.3. The van der Waals surface area contributed by atoms with Crippen LogP contribution in [0.25, 0.3) is 0 Å². The number of nitriles is 1. The van der Waals surface area contributed by atoms with E-state index in [-0.39, 0.29) is 22.4 Å². The Balaban J connectivity index is 3.30. The predicted octanol–water partition coefficient (Wildman–Crippen LogP) is 2.15. The van der Waals surface area contributed by atoms with Gasteiger partial charge in [-0.15, -0.1) is 0 Å². The number of rotatable bonds is 2. The molecule has 0 saturated carbocycles. The van der Waals surface area contributed by atoms with Gasteiger partial charge in [0.05, 0.1) is 22.5 Å². The fourth-order valence-corrected chi connectivity index (χ4v) is 1.41. The molecule has 0 unspecified atom stereocenters. The molecular formula is C10H8BrNO2. The first-order chi connectivity index (χ1) is 6.60. The van der Waals surface area contributed by atoms with E-state index >= 15 is 0 Å².